The summed E-state index contributed by atoms with van der Waals surface area (Å²) in [6.07, 6.45) is 3.19. The van der Waals surface area contributed by atoms with Crippen molar-refractivity contribution in [2.75, 3.05) is 46.8 Å². The maximum Gasteiger partial charge on any atom is 0.314 e. The summed E-state index contributed by atoms with van der Waals surface area (Å²) in [4.78, 5) is 16.6. The summed E-state index contributed by atoms with van der Waals surface area (Å²) in [5.74, 6) is 0. The minimum absolute atomic E-state index is 0.0632. The lowest BCUT2D eigenvalue weighted by Gasteiger charge is -2.35. The van der Waals surface area contributed by atoms with Crippen molar-refractivity contribution in [2.45, 2.75) is 31.9 Å². The first-order valence-corrected chi connectivity index (χ1v) is 9.17. The highest BCUT2D eigenvalue weighted by atomic mass is 16.3. The number of hydrogen-bond acceptors (Lipinski definition) is 4. The molecule has 0 atom stereocenters. The average Bonchev–Trinajstić information content (AvgIpc) is 2.63. The van der Waals surface area contributed by atoms with Gasteiger partial charge in [0.15, 0.2) is 0 Å². The van der Waals surface area contributed by atoms with Gasteiger partial charge in [0.05, 0.1) is 6.61 Å². The van der Waals surface area contributed by atoms with E-state index in [4.69, 9.17) is 5.11 Å². The number of carbonyl (C=O) groups excluding carboxylic acids is 1. The molecule has 6 heteroatoms. The number of rotatable bonds is 8. The van der Waals surface area contributed by atoms with Crippen molar-refractivity contribution in [2.24, 2.45) is 0 Å². The Morgan fingerprint density at radius 3 is 2.32 bits per heavy atom. The lowest BCUT2D eigenvalue weighted by atomic mass is 10.0. The molecule has 2 amide bonds. The van der Waals surface area contributed by atoms with E-state index in [1.54, 1.807) is 0 Å². The Labute approximate surface area is 151 Å². The summed E-state index contributed by atoms with van der Waals surface area (Å²) in [6, 6.07) is 8.39. The van der Waals surface area contributed by atoms with Crippen molar-refractivity contribution in [3.05, 3.63) is 35.4 Å². The maximum atomic E-state index is 11.8. The Kier molecular flexibility index (Phi) is 8.18. The molecule has 3 N–H and O–H groups in total. The fourth-order valence-electron chi connectivity index (χ4n) is 3.18. The first-order valence-electron chi connectivity index (χ1n) is 9.17. The molecule has 0 bridgehead atoms. The summed E-state index contributed by atoms with van der Waals surface area (Å²) >= 11 is 0. The zero-order chi connectivity index (χ0) is 18.1. The molecule has 1 saturated heterocycles. The zero-order valence-corrected chi connectivity index (χ0v) is 15.5. The third-order valence-electron chi connectivity index (χ3n) is 4.91. The van der Waals surface area contributed by atoms with Crippen LogP contribution in [0.5, 0.6) is 0 Å². The van der Waals surface area contributed by atoms with Crippen LogP contribution in [0.2, 0.25) is 0 Å². The van der Waals surface area contributed by atoms with Crippen LogP contribution >= 0.6 is 0 Å². The Morgan fingerprint density at radius 1 is 1.12 bits per heavy atom. The minimum atomic E-state index is -0.102. The van der Waals surface area contributed by atoms with E-state index < -0.39 is 0 Å². The van der Waals surface area contributed by atoms with Gasteiger partial charge in [-0.15, -0.1) is 0 Å². The number of hydrogen-bond donors (Lipinski definition) is 3. The molecule has 1 fully saturated rings. The summed E-state index contributed by atoms with van der Waals surface area (Å²) in [6.45, 7) is 4.48. The predicted octanol–water partition coefficient (Wildman–Crippen LogP) is 1.05. The molecule has 0 spiro atoms. The number of amides is 2. The van der Waals surface area contributed by atoms with Crippen LogP contribution in [0.15, 0.2) is 24.3 Å². The van der Waals surface area contributed by atoms with Crippen LogP contribution in [0.4, 0.5) is 4.79 Å². The van der Waals surface area contributed by atoms with Crippen molar-refractivity contribution < 1.29 is 9.90 Å². The third kappa shape index (κ3) is 7.02. The van der Waals surface area contributed by atoms with Crippen molar-refractivity contribution >= 4 is 6.03 Å². The second-order valence-electron chi connectivity index (χ2n) is 6.94. The fraction of sp³-hybridized carbons (Fsp3) is 0.632. The molecule has 140 valence electrons. The summed E-state index contributed by atoms with van der Waals surface area (Å²) in [5.41, 5.74) is 2.06. The standard InChI is InChI=1S/C19H32N4O2/c1-22(2)18-8-12-23(13-9-18)14-11-21-19(25)20-10-7-16-3-5-17(15-24)6-4-16/h3-6,18,24H,7-15H2,1-2H3,(H2,20,21,25). The molecule has 1 aromatic carbocycles. The van der Waals surface area contributed by atoms with Gasteiger partial charge in [-0.1, -0.05) is 24.3 Å². The van der Waals surface area contributed by atoms with Crippen molar-refractivity contribution in [1.82, 2.24) is 20.4 Å². The second-order valence-corrected chi connectivity index (χ2v) is 6.94. The topological polar surface area (TPSA) is 67.8 Å². The van der Waals surface area contributed by atoms with Crippen molar-refractivity contribution in [3.63, 3.8) is 0 Å². The smallest absolute Gasteiger partial charge is 0.314 e. The number of benzene rings is 1. The van der Waals surface area contributed by atoms with Crippen LogP contribution in [-0.2, 0) is 13.0 Å². The molecular weight excluding hydrogens is 316 g/mol. The van der Waals surface area contributed by atoms with E-state index >= 15 is 0 Å². The summed E-state index contributed by atoms with van der Waals surface area (Å²) in [5, 5.41) is 14.8. The van der Waals surface area contributed by atoms with Gasteiger partial charge in [0.2, 0.25) is 0 Å². The van der Waals surface area contributed by atoms with Crippen LogP contribution in [0.25, 0.3) is 0 Å². The number of carbonyl (C=O) groups is 1. The van der Waals surface area contributed by atoms with Gasteiger partial charge >= 0.3 is 6.03 Å². The highest BCUT2D eigenvalue weighted by Crippen LogP contribution is 2.13. The van der Waals surface area contributed by atoms with Crippen LogP contribution in [0.3, 0.4) is 0 Å². The minimum Gasteiger partial charge on any atom is -0.392 e. The highest BCUT2D eigenvalue weighted by molar-refractivity contribution is 5.73. The molecule has 1 aromatic rings. The van der Waals surface area contributed by atoms with E-state index in [-0.39, 0.29) is 12.6 Å². The fourth-order valence-corrected chi connectivity index (χ4v) is 3.18. The van der Waals surface area contributed by atoms with E-state index in [0.29, 0.717) is 19.1 Å². The molecule has 0 saturated carbocycles. The molecule has 0 unspecified atom stereocenters. The predicted molar refractivity (Wildman–Crippen MR) is 101 cm³/mol. The molecule has 0 aromatic heterocycles. The van der Waals surface area contributed by atoms with Gasteiger partial charge in [-0.05, 0) is 57.6 Å². The first kappa shape index (κ1) is 19.7. The molecule has 6 nitrogen and oxygen atoms in total. The molecule has 1 aliphatic rings. The summed E-state index contributed by atoms with van der Waals surface area (Å²) in [7, 11) is 4.29. The van der Waals surface area contributed by atoms with Gasteiger partial charge in [0.25, 0.3) is 0 Å². The van der Waals surface area contributed by atoms with E-state index in [2.05, 4.69) is 34.5 Å². The largest absolute Gasteiger partial charge is 0.392 e. The maximum absolute atomic E-state index is 11.8. The molecule has 0 aliphatic carbocycles. The van der Waals surface area contributed by atoms with Gasteiger partial charge in [-0.2, -0.15) is 0 Å². The first-order chi connectivity index (χ1) is 12.1. The van der Waals surface area contributed by atoms with Gasteiger partial charge in [0, 0.05) is 25.7 Å². The molecule has 1 aliphatic heterocycles. The molecular formula is C19H32N4O2. The van der Waals surface area contributed by atoms with E-state index in [1.165, 1.54) is 12.8 Å². The lowest BCUT2D eigenvalue weighted by molar-refractivity contribution is 0.146. The number of nitrogens with zero attached hydrogens (tertiary/aromatic N) is 2. The van der Waals surface area contributed by atoms with Crippen molar-refractivity contribution in [3.8, 4) is 0 Å². The number of aliphatic hydroxyl groups is 1. The van der Waals surface area contributed by atoms with Gasteiger partial charge in [-0.3, -0.25) is 0 Å². The second kappa shape index (κ2) is 10.4. The third-order valence-corrected chi connectivity index (χ3v) is 4.91. The monoisotopic (exact) mass is 348 g/mol. The SMILES string of the molecule is CN(C)C1CCN(CCNC(=O)NCCc2ccc(CO)cc2)CC1. The molecule has 25 heavy (non-hydrogen) atoms. The Bertz CT molecular complexity index is 511. The number of aliphatic hydroxyl groups excluding tert-OH is 1. The Balaban J connectivity index is 1.54. The molecule has 1 heterocycles. The van der Waals surface area contributed by atoms with Crippen LogP contribution in [-0.4, -0.2) is 73.8 Å². The quantitative estimate of drug-likeness (QED) is 0.657. The van der Waals surface area contributed by atoms with Gasteiger partial charge in [0.1, 0.15) is 0 Å². The van der Waals surface area contributed by atoms with E-state index in [0.717, 1.165) is 37.2 Å². The van der Waals surface area contributed by atoms with Crippen LogP contribution in [0.1, 0.15) is 24.0 Å². The van der Waals surface area contributed by atoms with E-state index in [1.807, 2.05) is 24.3 Å². The number of urea groups is 1. The summed E-state index contributed by atoms with van der Waals surface area (Å²) < 4.78 is 0. The van der Waals surface area contributed by atoms with E-state index in [9.17, 15) is 4.79 Å². The lowest BCUT2D eigenvalue weighted by Crippen LogP contribution is -2.45. The van der Waals surface area contributed by atoms with Gasteiger partial charge in [-0.25, -0.2) is 4.79 Å². The zero-order valence-electron chi connectivity index (χ0n) is 15.5. The van der Waals surface area contributed by atoms with Crippen molar-refractivity contribution in [1.29, 1.82) is 0 Å². The van der Waals surface area contributed by atoms with Crippen LogP contribution < -0.4 is 10.6 Å². The average molecular weight is 348 g/mol. The normalized spacial score (nSPS) is 16.2. The Hall–Kier alpha value is -1.63. The number of piperidine rings is 1. The number of nitrogens with one attached hydrogen (secondary N) is 2. The molecule has 2 rings (SSSR count). The Morgan fingerprint density at radius 2 is 1.72 bits per heavy atom. The van der Waals surface area contributed by atoms with Gasteiger partial charge < -0.3 is 25.5 Å². The number of likely N-dealkylation sites (tertiary alicyclic amines) is 1. The molecule has 0 radical (unpaired) electrons. The highest BCUT2D eigenvalue weighted by Gasteiger charge is 2.19. The van der Waals surface area contributed by atoms with Crippen LogP contribution in [0, 0.1) is 0 Å².